The third-order valence-corrected chi connectivity index (χ3v) is 1.93. The minimum atomic E-state index is 0.983. The SMILES string of the molecule is Cc1ncc(C)c2ncncc12. The van der Waals surface area contributed by atoms with Gasteiger partial charge in [-0.2, -0.15) is 0 Å². The fraction of sp³-hybridized carbons (Fsp3) is 0.222. The molecule has 0 saturated heterocycles. The molecule has 12 heavy (non-hydrogen) atoms. The van der Waals surface area contributed by atoms with Crippen molar-refractivity contribution in [3.8, 4) is 0 Å². The van der Waals surface area contributed by atoms with Crippen molar-refractivity contribution in [1.29, 1.82) is 0 Å². The van der Waals surface area contributed by atoms with Crippen LogP contribution in [0.3, 0.4) is 0 Å². The fourth-order valence-electron chi connectivity index (χ4n) is 1.23. The van der Waals surface area contributed by atoms with Gasteiger partial charge in [-0.05, 0) is 19.4 Å². The van der Waals surface area contributed by atoms with E-state index in [2.05, 4.69) is 15.0 Å². The number of fused-ring (bicyclic) bond motifs is 1. The van der Waals surface area contributed by atoms with Gasteiger partial charge in [-0.15, -0.1) is 0 Å². The van der Waals surface area contributed by atoms with Crippen LogP contribution in [-0.2, 0) is 0 Å². The van der Waals surface area contributed by atoms with Crippen LogP contribution in [0.15, 0.2) is 18.7 Å². The molecule has 3 nitrogen and oxygen atoms in total. The summed E-state index contributed by atoms with van der Waals surface area (Å²) in [6, 6.07) is 0. The monoisotopic (exact) mass is 159 g/mol. The molecule has 2 aromatic heterocycles. The summed E-state index contributed by atoms with van der Waals surface area (Å²) < 4.78 is 0. The molecule has 0 atom stereocenters. The number of nitrogens with zero attached hydrogens (tertiary/aromatic N) is 3. The van der Waals surface area contributed by atoms with E-state index in [9.17, 15) is 0 Å². The van der Waals surface area contributed by atoms with Gasteiger partial charge in [0.2, 0.25) is 0 Å². The van der Waals surface area contributed by atoms with E-state index in [4.69, 9.17) is 0 Å². The highest BCUT2D eigenvalue weighted by atomic mass is 14.8. The Labute approximate surface area is 70.5 Å². The normalized spacial score (nSPS) is 10.5. The standard InChI is InChI=1S/C9H9N3/c1-6-3-11-7(2)8-4-10-5-12-9(6)8/h3-5H,1-2H3. The molecule has 0 aliphatic heterocycles. The largest absolute Gasteiger partial charge is 0.260 e. The van der Waals surface area contributed by atoms with Gasteiger partial charge >= 0.3 is 0 Å². The van der Waals surface area contributed by atoms with Gasteiger partial charge in [0.05, 0.1) is 5.52 Å². The maximum Gasteiger partial charge on any atom is 0.116 e. The van der Waals surface area contributed by atoms with E-state index < -0.39 is 0 Å². The summed E-state index contributed by atoms with van der Waals surface area (Å²) in [6.45, 7) is 3.97. The predicted octanol–water partition coefficient (Wildman–Crippen LogP) is 1.64. The predicted molar refractivity (Wildman–Crippen MR) is 46.8 cm³/mol. The summed E-state index contributed by atoms with van der Waals surface area (Å²) in [5.41, 5.74) is 3.08. The molecule has 2 aromatic rings. The highest BCUT2D eigenvalue weighted by molar-refractivity contribution is 5.82. The first-order chi connectivity index (χ1) is 5.79. The lowest BCUT2D eigenvalue weighted by molar-refractivity contribution is 1.15. The lowest BCUT2D eigenvalue weighted by Gasteiger charge is -2.01. The van der Waals surface area contributed by atoms with Crippen LogP contribution in [0.2, 0.25) is 0 Å². The molecule has 0 radical (unpaired) electrons. The molecule has 0 aliphatic rings. The van der Waals surface area contributed by atoms with Crippen molar-refractivity contribution in [2.45, 2.75) is 13.8 Å². The van der Waals surface area contributed by atoms with E-state index in [-0.39, 0.29) is 0 Å². The Kier molecular flexibility index (Phi) is 1.50. The number of rotatable bonds is 0. The Morgan fingerprint density at radius 2 is 1.92 bits per heavy atom. The number of hydrogen-bond acceptors (Lipinski definition) is 3. The molecule has 0 saturated carbocycles. The summed E-state index contributed by atoms with van der Waals surface area (Å²) in [6.07, 6.45) is 5.21. The maximum atomic E-state index is 4.23. The average molecular weight is 159 g/mol. The number of aryl methyl sites for hydroxylation is 2. The number of pyridine rings is 1. The van der Waals surface area contributed by atoms with Gasteiger partial charge < -0.3 is 0 Å². The van der Waals surface area contributed by atoms with Gasteiger partial charge in [-0.25, -0.2) is 9.97 Å². The first kappa shape index (κ1) is 7.16. The van der Waals surface area contributed by atoms with Gasteiger partial charge in [-0.1, -0.05) is 0 Å². The number of hydrogen-bond donors (Lipinski definition) is 0. The summed E-state index contributed by atoms with van der Waals surface area (Å²) in [4.78, 5) is 12.4. The van der Waals surface area contributed by atoms with Crippen LogP contribution in [0, 0.1) is 13.8 Å². The van der Waals surface area contributed by atoms with Crippen molar-refractivity contribution in [3.05, 3.63) is 30.0 Å². The molecule has 0 bridgehead atoms. The lowest BCUT2D eigenvalue weighted by Crippen LogP contribution is -1.90. The smallest absolute Gasteiger partial charge is 0.116 e. The van der Waals surface area contributed by atoms with Crippen molar-refractivity contribution in [2.24, 2.45) is 0 Å². The van der Waals surface area contributed by atoms with Crippen LogP contribution in [-0.4, -0.2) is 15.0 Å². The Bertz CT molecular complexity index is 383. The van der Waals surface area contributed by atoms with E-state index >= 15 is 0 Å². The minimum Gasteiger partial charge on any atom is -0.260 e. The second-order valence-electron chi connectivity index (χ2n) is 2.81. The zero-order chi connectivity index (χ0) is 8.55. The Morgan fingerprint density at radius 3 is 2.67 bits per heavy atom. The van der Waals surface area contributed by atoms with Gasteiger partial charge in [0.1, 0.15) is 6.33 Å². The average Bonchev–Trinajstić information content (AvgIpc) is 2.12. The van der Waals surface area contributed by atoms with Crippen molar-refractivity contribution < 1.29 is 0 Å². The van der Waals surface area contributed by atoms with E-state index in [0.29, 0.717) is 0 Å². The van der Waals surface area contributed by atoms with Crippen molar-refractivity contribution in [3.63, 3.8) is 0 Å². The molecular formula is C9H9N3. The van der Waals surface area contributed by atoms with Gasteiger partial charge in [0.25, 0.3) is 0 Å². The van der Waals surface area contributed by atoms with Crippen LogP contribution in [0.5, 0.6) is 0 Å². The van der Waals surface area contributed by atoms with E-state index in [1.165, 1.54) is 0 Å². The lowest BCUT2D eigenvalue weighted by atomic mass is 10.2. The van der Waals surface area contributed by atoms with E-state index in [1.54, 1.807) is 12.5 Å². The molecule has 3 heteroatoms. The highest BCUT2D eigenvalue weighted by Gasteiger charge is 2.00. The molecule has 0 aliphatic carbocycles. The third kappa shape index (κ3) is 0.942. The van der Waals surface area contributed by atoms with E-state index in [0.717, 1.165) is 22.2 Å². The molecule has 0 unspecified atom stereocenters. The van der Waals surface area contributed by atoms with Crippen molar-refractivity contribution >= 4 is 10.9 Å². The van der Waals surface area contributed by atoms with Gasteiger partial charge in [0.15, 0.2) is 0 Å². The molecule has 0 amide bonds. The Balaban J connectivity index is 2.95. The first-order valence-electron chi connectivity index (χ1n) is 3.81. The summed E-state index contributed by atoms with van der Waals surface area (Å²) in [5.74, 6) is 0. The second-order valence-corrected chi connectivity index (χ2v) is 2.81. The second kappa shape index (κ2) is 2.52. The highest BCUT2D eigenvalue weighted by Crippen LogP contribution is 2.15. The van der Waals surface area contributed by atoms with Gasteiger partial charge in [-0.3, -0.25) is 4.98 Å². The summed E-state index contributed by atoms with van der Waals surface area (Å²) >= 11 is 0. The first-order valence-corrected chi connectivity index (χ1v) is 3.81. The van der Waals surface area contributed by atoms with E-state index in [1.807, 2.05) is 20.0 Å². The molecule has 0 aromatic carbocycles. The zero-order valence-electron chi connectivity index (χ0n) is 7.07. The fourth-order valence-corrected chi connectivity index (χ4v) is 1.23. The van der Waals surface area contributed by atoms with Crippen LogP contribution >= 0.6 is 0 Å². The molecule has 0 fully saturated rings. The minimum absolute atomic E-state index is 0.983. The molecule has 2 rings (SSSR count). The Hall–Kier alpha value is -1.51. The van der Waals surface area contributed by atoms with Crippen molar-refractivity contribution in [2.75, 3.05) is 0 Å². The molecule has 2 heterocycles. The zero-order valence-corrected chi connectivity index (χ0v) is 7.07. The van der Waals surface area contributed by atoms with Gasteiger partial charge in [0, 0.05) is 23.5 Å². The Morgan fingerprint density at radius 1 is 1.08 bits per heavy atom. The maximum absolute atomic E-state index is 4.23. The number of aromatic nitrogens is 3. The van der Waals surface area contributed by atoms with Crippen LogP contribution in [0.25, 0.3) is 10.9 Å². The topological polar surface area (TPSA) is 38.7 Å². The molecule has 0 N–H and O–H groups in total. The molecule has 0 spiro atoms. The summed E-state index contributed by atoms with van der Waals surface area (Å²) in [7, 11) is 0. The van der Waals surface area contributed by atoms with Crippen LogP contribution in [0.4, 0.5) is 0 Å². The summed E-state index contributed by atoms with van der Waals surface area (Å²) in [5, 5.41) is 1.04. The van der Waals surface area contributed by atoms with Crippen LogP contribution < -0.4 is 0 Å². The molecule has 60 valence electrons. The van der Waals surface area contributed by atoms with Crippen LogP contribution in [0.1, 0.15) is 11.3 Å². The molecular weight excluding hydrogens is 150 g/mol. The quantitative estimate of drug-likeness (QED) is 0.586. The van der Waals surface area contributed by atoms with Crippen molar-refractivity contribution in [1.82, 2.24) is 15.0 Å². The third-order valence-electron chi connectivity index (χ3n) is 1.93.